The van der Waals surface area contributed by atoms with Crippen LogP contribution in [0.25, 0.3) is 0 Å². The van der Waals surface area contributed by atoms with Crippen molar-refractivity contribution < 1.29 is 13.9 Å². The van der Waals surface area contributed by atoms with Crippen LogP contribution in [0.3, 0.4) is 0 Å². The number of hydrogen-bond acceptors (Lipinski definition) is 3. The lowest BCUT2D eigenvalue weighted by Gasteiger charge is -2.33. The van der Waals surface area contributed by atoms with Gasteiger partial charge in [0, 0.05) is 16.8 Å². The van der Waals surface area contributed by atoms with E-state index in [0.29, 0.717) is 5.76 Å². The molecular weight excluding hydrogens is 278 g/mol. The lowest BCUT2D eigenvalue weighted by molar-refractivity contribution is 0.0995. The molecule has 1 aliphatic rings. The van der Waals surface area contributed by atoms with E-state index in [9.17, 15) is 4.79 Å². The predicted octanol–water partition coefficient (Wildman–Crippen LogP) is 4.21. The quantitative estimate of drug-likeness (QED) is 0.903. The molecule has 0 saturated carbocycles. The number of carbonyl (C=O) groups is 1. The van der Waals surface area contributed by atoms with Gasteiger partial charge in [0.1, 0.15) is 5.75 Å². The Hall–Kier alpha value is -2.23. The Kier molecular flexibility index (Phi) is 3.47. The molecule has 0 aliphatic carbocycles. The average molecular weight is 299 g/mol. The summed E-state index contributed by atoms with van der Waals surface area (Å²) in [5.41, 5.74) is 3.79. The van der Waals surface area contributed by atoms with E-state index in [4.69, 9.17) is 9.15 Å². The number of benzene rings is 1. The average Bonchev–Trinajstić information content (AvgIpc) is 2.86. The molecule has 1 aromatic heterocycles. The number of hydrogen-bond donors (Lipinski definition) is 1. The van der Waals surface area contributed by atoms with E-state index in [2.05, 4.69) is 19.2 Å². The SMILES string of the molecule is Cc1cc2c(cc1NC(=O)c1occc1C)C(C)(C)CCO2. The molecule has 22 heavy (non-hydrogen) atoms. The Morgan fingerprint density at radius 2 is 2.00 bits per heavy atom. The first-order valence-corrected chi connectivity index (χ1v) is 7.52. The van der Waals surface area contributed by atoms with E-state index in [1.54, 1.807) is 6.07 Å². The molecule has 2 heterocycles. The molecule has 1 N–H and O–H groups in total. The topological polar surface area (TPSA) is 51.5 Å². The van der Waals surface area contributed by atoms with E-state index in [1.807, 2.05) is 26.0 Å². The first kappa shape index (κ1) is 14.7. The number of rotatable bonds is 2. The fraction of sp³-hybridized carbons (Fsp3) is 0.389. The number of anilines is 1. The molecule has 3 rings (SSSR count). The van der Waals surface area contributed by atoms with Gasteiger partial charge in [-0.05, 0) is 49.4 Å². The Labute approximate surface area is 130 Å². The Balaban J connectivity index is 1.95. The van der Waals surface area contributed by atoms with E-state index in [1.165, 1.54) is 6.26 Å². The maximum Gasteiger partial charge on any atom is 0.291 e. The fourth-order valence-electron chi connectivity index (χ4n) is 2.80. The smallest absolute Gasteiger partial charge is 0.291 e. The van der Waals surface area contributed by atoms with Crippen LogP contribution in [0.2, 0.25) is 0 Å². The van der Waals surface area contributed by atoms with Gasteiger partial charge in [-0.25, -0.2) is 0 Å². The van der Waals surface area contributed by atoms with Gasteiger partial charge in [-0.15, -0.1) is 0 Å². The summed E-state index contributed by atoms with van der Waals surface area (Å²) in [6.45, 7) is 8.96. The van der Waals surface area contributed by atoms with E-state index in [-0.39, 0.29) is 11.3 Å². The van der Waals surface area contributed by atoms with Gasteiger partial charge in [0.15, 0.2) is 5.76 Å². The molecule has 116 valence electrons. The normalized spacial score (nSPS) is 15.8. The molecule has 4 nitrogen and oxygen atoms in total. The van der Waals surface area contributed by atoms with Crippen molar-refractivity contribution in [1.82, 2.24) is 0 Å². The summed E-state index contributed by atoms with van der Waals surface area (Å²) in [5.74, 6) is 1.05. The van der Waals surface area contributed by atoms with E-state index in [0.717, 1.165) is 41.2 Å². The van der Waals surface area contributed by atoms with Crippen molar-refractivity contribution in [3.05, 3.63) is 46.9 Å². The van der Waals surface area contributed by atoms with Crippen molar-refractivity contribution in [2.24, 2.45) is 0 Å². The monoisotopic (exact) mass is 299 g/mol. The molecule has 0 fully saturated rings. The first-order chi connectivity index (χ1) is 10.4. The minimum atomic E-state index is -0.222. The predicted molar refractivity (Wildman–Crippen MR) is 85.7 cm³/mol. The highest BCUT2D eigenvalue weighted by Crippen LogP contribution is 2.41. The summed E-state index contributed by atoms with van der Waals surface area (Å²) in [6, 6.07) is 5.81. The minimum Gasteiger partial charge on any atom is -0.493 e. The maximum absolute atomic E-state index is 12.3. The Morgan fingerprint density at radius 1 is 1.23 bits per heavy atom. The van der Waals surface area contributed by atoms with Gasteiger partial charge in [0.25, 0.3) is 5.91 Å². The Morgan fingerprint density at radius 3 is 2.68 bits per heavy atom. The van der Waals surface area contributed by atoms with Crippen LogP contribution in [0.1, 0.15) is 47.5 Å². The van der Waals surface area contributed by atoms with E-state index < -0.39 is 0 Å². The molecule has 0 saturated heterocycles. The third kappa shape index (κ3) is 2.49. The zero-order valence-electron chi connectivity index (χ0n) is 13.4. The summed E-state index contributed by atoms with van der Waals surface area (Å²) in [4.78, 5) is 12.3. The second kappa shape index (κ2) is 5.20. The van der Waals surface area contributed by atoms with Gasteiger partial charge >= 0.3 is 0 Å². The number of furan rings is 1. The van der Waals surface area contributed by atoms with Gasteiger partial charge in [-0.1, -0.05) is 13.8 Å². The number of aryl methyl sites for hydroxylation is 2. The molecule has 1 aromatic carbocycles. The standard InChI is InChI=1S/C18H21NO3/c1-11-5-7-22-16(11)17(20)19-14-10-13-15(9-12(14)2)21-8-6-18(13,3)4/h5,7,9-10H,6,8H2,1-4H3,(H,19,20). The number of ether oxygens (including phenoxy) is 1. The maximum atomic E-state index is 12.3. The highest BCUT2D eigenvalue weighted by Gasteiger charge is 2.29. The second-order valence-corrected chi connectivity index (χ2v) is 6.53. The summed E-state index contributed by atoms with van der Waals surface area (Å²) in [5, 5.41) is 2.95. The number of fused-ring (bicyclic) bond motifs is 1. The zero-order valence-corrected chi connectivity index (χ0v) is 13.4. The molecule has 2 aromatic rings. The van der Waals surface area contributed by atoms with Gasteiger partial charge in [0.05, 0.1) is 12.9 Å². The van der Waals surface area contributed by atoms with Crippen LogP contribution in [-0.2, 0) is 5.41 Å². The van der Waals surface area contributed by atoms with Crippen molar-refractivity contribution in [2.75, 3.05) is 11.9 Å². The molecule has 0 bridgehead atoms. The van der Waals surface area contributed by atoms with Crippen molar-refractivity contribution >= 4 is 11.6 Å². The summed E-state index contributed by atoms with van der Waals surface area (Å²) < 4.78 is 11.0. The van der Waals surface area contributed by atoms with Crippen LogP contribution < -0.4 is 10.1 Å². The molecule has 4 heteroatoms. The van der Waals surface area contributed by atoms with Crippen molar-refractivity contribution in [1.29, 1.82) is 0 Å². The lowest BCUT2D eigenvalue weighted by Crippen LogP contribution is -2.27. The molecule has 0 atom stereocenters. The van der Waals surface area contributed by atoms with Gasteiger partial charge in [-0.3, -0.25) is 4.79 Å². The lowest BCUT2D eigenvalue weighted by atomic mass is 9.79. The van der Waals surface area contributed by atoms with Crippen LogP contribution in [0.4, 0.5) is 5.69 Å². The van der Waals surface area contributed by atoms with Gasteiger partial charge in [0.2, 0.25) is 0 Å². The number of carbonyl (C=O) groups excluding carboxylic acids is 1. The molecule has 1 aliphatic heterocycles. The zero-order chi connectivity index (χ0) is 15.9. The van der Waals surface area contributed by atoms with Crippen LogP contribution in [0.15, 0.2) is 28.9 Å². The second-order valence-electron chi connectivity index (χ2n) is 6.53. The van der Waals surface area contributed by atoms with Crippen LogP contribution in [0.5, 0.6) is 5.75 Å². The largest absolute Gasteiger partial charge is 0.493 e. The van der Waals surface area contributed by atoms with Crippen LogP contribution in [0, 0.1) is 13.8 Å². The van der Waals surface area contributed by atoms with Crippen molar-refractivity contribution in [3.8, 4) is 5.75 Å². The van der Waals surface area contributed by atoms with Gasteiger partial charge in [-0.2, -0.15) is 0 Å². The molecule has 0 radical (unpaired) electrons. The van der Waals surface area contributed by atoms with E-state index >= 15 is 0 Å². The molecule has 0 spiro atoms. The van der Waals surface area contributed by atoms with Crippen molar-refractivity contribution in [2.45, 2.75) is 39.5 Å². The highest BCUT2D eigenvalue weighted by atomic mass is 16.5. The summed E-state index contributed by atoms with van der Waals surface area (Å²) >= 11 is 0. The molecule has 0 unspecified atom stereocenters. The van der Waals surface area contributed by atoms with Crippen molar-refractivity contribution in [3.63, 3.8) is 0 Å². The summed E-state index contributed by atoms with van der Waals surface area (Å²) in [7, 11) is 0. The highest BCUT2D eigenvalue weighted by molar-refractivity contribution is 6.03. The van der Waals surface area contributed by atoms with Gasteiger partial charge < -0.3 is 14.5 Å². The minimum absolute atomic E-state index is 0.0430. The first-order valence-electron chi connectivity index (χ1n) is 7.52. The number of amides is 1. The fourth-order valence-corrected chi connectivity index (χ4v) is 2.80. The van der Waals surface area contributed by atoms with Crippen LogP contribution >= 0.6 is 0 Å². The Bertz CT molecular complexity index is 728. The molecular formula is C18H21NO3. The summed E-state index contributed by atoms with van der Waals surface area (Å²) in [6.07, 6.45) is 2.49. The third-order valence-corrected chi connectivity index (χ3v) is 4.36. The third-order valence-electron chi connectivity index (χ3n) is 4.36. The number of nitrogens with one attached hydrogen (secondary N) is 1. The van der Waals surface area contributed by atoms with Crippen LogP contribution in [-0.4, -0.2) is 12.5 Å². The molecule has 1 amide bonds.